The Kier molecular flexibility index (Phi) is 7.08. The Morgan fingerprint density at radius 1 is 1.12 bits per heavy atom. The van der Waals surface area contributed by atoms with Gasteiger partial charge in [-0.05, 0) is 63.8 Å². The molecule has 2 N–H and O–H groups in total. The monoisotopic (exact) mass is 457 g/mol. The predicted molar refractivity (Wildman–Crippen MR) is 128 cm³/mol. The number of likely N-dealkylation sites (N-methyl/N-ethyl adjacent to an activating group) is 2. The first kappa shape index (κ1) is 23.1. The zero-order valence-corrected chi connectivity index (χ0v) is 19.7. The molecule has 1 saturated heterocycles. The first-order valence-corrected chi connectivity index (χ1v) is 11.5. The maximum atomic E-state index is 11.4. The summed E-state index contributed by atoms with van der Waals surface area (Å²) in [5, 5.41) is 24.1. The molecule has 2 aromatic carbocycles. The van der Waals surface area contributed by atoms with Crippen LogP contribution < -0.4 is 4.74 Å². The number of aromatic nitrogens is 1. The van der Waals surface area contributed by atoms with E-state index in [4.69, 9.17) is 16.3 Å². The molecule has 172 valence electrons. The van der Waals surface area contributed by atoms with E-state index in [1.165, 1.54) is 0 Å². The Bertz CT molecular complexity index is 1050. The summed E-state index contributed by atoms with van der Waals surface area (Å²) in [6.07, 6.45) is 0.00359. The minimum Gasteiger partial charge on any atom is -0.487 e. The van der Waals surface area contributed by atoms with Crippen LogP contribution in [0.15, 0.2) is 48.5 Å². The normalized spacial score (nSPS) is 19.4. The van der Waals surface area contributed by atoms with Gasteiger partial charge in [-0.1, -0.05) is 29.8 Å². The standard InChI is InChI=1S/C25H32ClN3O3/c1-27-14-6-7-18(15-27)28(2)25(31)24(30)23-20-8-4-5-9-21(20)29(3)22(23)16-32-19-12-10-17(26)11-13-19/h4-5,8-13,18,24-25,30-31H,6-7,14-16H2,1-3H3. The molecule has 0 aliphatic carbocycles. The van der Waals surface area contributed by atoms with Crippen molar-refractivity contribution >= 4 is 22.5 Å². The maximum absolute atomic E-state index is 11.4. The number of aliphatic hydroxyl groups is 2. The average Bonchev–Trinajstić information content (AvgIpc) is 3.09. The van der Waals surface area contributed by atoms with Crippen LogP contribution in [0.25, 0.3) is 10.9 Å². The third-order valence-corrected chi connectivity index (χ3v) is 6.88. The largest absolute Gasteiger partial charge is 0.487 e. The predicted octanol–water partition coefficient (Wildman–Crippen LogP) is 3.79. The molecular formula is C25H32ClN3O3. The highest BCUT2D eigenvalue weighted by Gasteiger charge is 2.33. The fraction of sp³-hybridized carbons (Fsp3) is 0.440. The molecule has 32 heavy (non-hydrogen) atoms. The van der Waals surface area contributed by atoms with Crippen molar-refractivity contribution in [3.05, 3.63) is 64.8 Å². The van der Waals surface area contributed by atoms with Gasteiger partial charge in [-0.15, -0.1) is 0 Å². The number of hydrogen-bond acceptors (Lipinski definition) is 5. The Labute approximate surface area is 194 Å². The number of fused-ring (bicyclic) bond motifs is 1. The fourth-order valence-electron chi connectivity index (χ4n) is 4.72. The summed E-state index contributed by atoms with van der Waals surface area (Å²) in [4.78, 5) is 4.18. The number of aliphatic hydroxyl groups excluding tert-OH is 2. The number of ether oxygens (including phenoxy) is 1. The first-order chi connectivity index (χ1) is 15.4. The van der Waals surface area contributed by atoms with Crippen molar-refractivity contribution in [2.75, 3.05) is 27.2 Å². The number of aryl methyl sites for hydroxylation is 1. The lowest BCUT2D eigenvalue weighted by Crippen LogP contribution is -2.50. The average molecular weight is 458 g/mol. The van der Waals surface area contributed by atoms with E-state index < -0.39 is 12.3 Å². The van der Waals surface area contributed by atoms with Gasteiger partial charge in [0.15, 0.2) is 0 Å². The van der Waals surface area contributed by atoms with Gasteiger partial charge in [-0.3, -0.25) is 4.90 Å². The van der Waals surface area contributed by atoms with Crippen molar-refractivity contribution in [1.29, 1.82) is 0 Å². The molecule has 3 atom stereocenters. The topological polar surface area (TPSA) is 61.1 Å². The molecule has 3 aromatic rings. The van der Waals surface area contributed by atoms with Gasteiger partial charge in [0.1, 0.15) is 24.7 Å². The van der Waals surface area contributed by atoms with E-state index in [1.807, 2.05) is 60.0 Å². The highest BCUT2D eigenvalue weighted by atomic mass is 35.5. The lowest BCUT2D eigenvalue weighted by molar-refractivity contribution is -0.0984. The molecule has 0 bridgehead atoms. The van der Waals surface area contributed by atoms with E-state index >= 15 is 0 Å². The van der Waals surface area contributed by atoms with Crippen LogP contribution in [0.5, 0.6) is 5.75 Å². The number of benzene rings is 2. The van der Waals surface area contributed by atoms with Crippen molar-refractivity contribution < 1.29 is 14.9 Å². The van der Waals surface area contributed by atoms with Gasteiger partial charge in [-0.2, -0.15) is 0 Å². The van der Waals surface area contributed by atoms with Gasteiger partial charge < -0.3 is 24.4 Å². The quantitative estimate of drug-likeness (QED) is 0.528. The molecule has 1 fully saturated rings. The van der Waals surface area contributed by atoms with Gasteiger partial charge in [0.2, 0.25) is 0 Å². The van der Waals surface area contributed by atoms with Crippen LogP contribution in [0.3, 0.4) is 0 Å². The summed E-state index contributed by atoms with van der Waals surface area (Å²) < 4.78 is 8.06. The van der Waals surface area contributed by atoms with Crippen molar-refractivity contribution in [1.82, 2.24) is 14.4 Å². The number of para-hydroxylation sites is 1. The SMILES string of the molecule is CN1CCCC(N(C)C(O)C(O)c2c(COc3ccc(Cl)cc3)n(C)c3ccccc23)C1. The second-order valence-corrected chi connectivity index (χ2v) is 9.20. The van der Waals surface area contributed by atoms with Crippen molar-refractivity contribution in [3.8, 4) is 5.75 Å². The Hall–Kier alpha value is -2.09. The van der Waals surface area contributed by atoms with Gasteiger partial charge in [-0.25, -0.2) is 0 Å². The zero-order chi connectivity index (χ0) is 22.8. The van der Waals surface area contributed by atoms with Crippen molar-refractivity contribution in [2.24, 2.45) is 7.05 Å². The van der Waals surface area contributed by atoms with Crippen LogP contribution >= 0.6 is 11.6 Å². The molecule has 0 amide bonds. The molecule has 2 heterocycles. The molecule has 4 rings (SSSR count). The summed E-state index contributed by atoms with van der Waals surface area (Å²) in [5.41, 5.74) is 2.53. The van der Waals surface area contributed by atoms with Gasteiger partial charge in [0.05, 0.1) is 5.69 Å². The molecule has 0 saturated carbocycles. The number of rotatable bonds is 7. The number of hydrogen-bond donors (Lipinski definition) is 2. The van der Waals surface area contributed by atoms with Gasteiger partial charge >= 0.3 is 0 Å². The summed E-state index contributed by atoms with van der Waals surface area (Å²) in [6.45, 7) is 2.21. The van der Waals surface area contributed by atoms with E-state index in [2.05, 4.69) is 11.9 Å². The van der Waals surface area contributed by atoms with E-state index in [1.54, 1.807) is 12.1 Å². The lowest BCUT2D eigenvalue weighted by Gasteiger charge is -2.39. The van der Waals surface area contributed by atoms with E-state index in [0.717, 1.165) is 42.5 Å². The van der Waals surface area contributed by atoms with Crippen LogP contribution in [0, 0.1) is 0 Å². The Morgan fingerprint density at radius 2 is 1.84 bits per heavy atom. The zero-order valence-electron chi connectivity index (χ0n) is 18.9. The first-order valence-electron chi connectivity index (χ1n) is 11.1. The third-order valence-electron chi connectivity index (χ3n) is 6.63. The molecule has 7 heteroatoms. The van der Waals surface area contributed by atoms with Gasteiger partial charge in [0.25, 0.3) is 0 Å². The third kappa shape index (κ3) is 4.65. The highest BCUT2D eigenvalue weighted by molar-refractivity contribution is 6.30. The number of likely N-dealkylation sites (tertiary alicyclic amines) is 1. The molecule has 1 aliphatic heterocycles. The van der Waals surface area contributed by atoms with Crippen molar-refractivity contribution in [2.45, 2.75) is 37.8 Å². The Morgan fingerprint density at radius 3 is 2.56 bits per heavy atom. The van der Waals surface area contributed by atoms with Crippen LogP contribution in [0.2, 0.25) is 5.02 Å². The van der Waals surface area contributed by atoms with E-state index in [-0.39, 0.29) is 12.6 Å². The second-order valence-electron chi connectivity index (χ2n) is 8.76. The minimum absolute atomic E-state index is 0.196. The summed E-state index contributed by atoms with van der Waals surface area (Å²) >= 11 is 5.98. The maximum Gasteiger partial charge on any atom is 0.137 e. The molecule has 1 aliphatic rings. The lowest BCUT2D eigenvalue weighted by atomic mass is 10.00. The molecule has 0 radical (unpaired) electrons. The fourth-order valence-corrected chi connectivity index (χ4v) is 4.85. The summed E-state index contributed by atoms with van der Waals surface area (Å²) in [5.74, 6) is 0.697. The molecular weight excluding hydrogens is 426 g/mol. The van der Waals surface area contributed by atoms with Crippen molar-refractivity contribution in [3.63, 3.8) is 0 Å². The Balaban J connectivity index is 1.63. The number of nitrogens with zero attached hydrogens (tertiary/aromatic N) is 3. The number of piperidine rings is 1. The molecule has 3 unspecified atom stereocenters. The summed E-state index contributed by atoms with van der Waals surface area (Å²) in [6, 6.07) is 15.3. The second kappa shape index (κ2) is 9.81. The smallest absolute Gasteiger partial charge is 0.137 e. The van der Waals surface area contributed by atoms with Crippen LogP contribution in [-0.4, -0.2) is 64.0 Å². The van der Waals surface area contributed by atoms with Crippen LogP contribution in [0.1, 0.15) is 30.2 Å². The van der Waals surface area contributed by atoms with Gasteiger partial charge in [0, 0.05) is 41.1 Å². The van der Waals surface area contributed by atoms with E-state index in [9.17, 15) is 10.2 Å². The number of halogens is 1. The molecule has 1 aromatic heterocycles. The van der Waals surface area contributed by atoms with E-state index in [0.29, 0.717) is 16.3 Å². The molecule has 0 spiro atoms. The molecule has 6 nitrogen and oxygen atoms in total. The highest BCUT2D eigenvalue weighted by Crippen LogP contribution is 2.34. The van der Waals surface area contributed by atoms with Crippen LogP contribution in [0.4, 0.5) is 0 Å². The minimum atomic E-state index is -1.07. The summed E-state index contributed by atoms with van der Waals surface area (Å²) in [7, 11) is 5.96. The van der Waals surface area contributed by atoms with Crippen LogP contribution in [-0.2, 0) is 13.7 Å².